The number of benzene rings is 1. The summed E-state index contributed by atoms with van der Waals surface area (Å²) in [6.07, 6.45) is 2.34. The van der Waals surface area contributed by atoms with Crippen molar-refractivity contribution >= 4 is 10.0 Å². The number of sulfonamides is 1. The average Bonchev–Trinajstić information content (AvgIpc) is 3.04. The zero-order valence-corrected chi connectivity index (χ0v) is 13.8. The van der Waals surface area contributed by atoms with Crippen LogP contribution < -0.4 is 14.2 Å². The fraction of sp³-hybridized carbons (Fsp3) is 0.600. The van der Waals surface area contributed by atoms with Gasteiger partial charge in [0.25, 0.3) is 0 Å². The predicted molar refractivity (Wildman–Crippen MR) is 84.0 cm³/mol. The van der Waals surface area contributed by atoms with Crippen LogP contribution in [0.3, 0.4) is 0 Å². The van der Waals surface area contributed by atoms with Gasteiger partial charge in [-0.1, -0.05) is 6.07 Å². The largest absolute Gasteiger partial charge is 0.493 e. The number of rotatable bonds is 8. The van der Waals surface area contributed by atoms with E-state index in [1.54, 1.807) is 26.4 Å². The molecule has 1 aromatic carbocycles. The van der Waals surface area contributed by atoms with Crippen molar-refractivity contribution in [1.29, 1.82) is 0 Å². The van der Waals surface area contributed by atoms with Crippen molar-refractivity contribution in [2.45, 2.75) is 25.4 Å². The van der Waals surface area contributed by atoms with E-state index in [1.165, 1.54) is 0 Å². The van der Waals surface area contributed by atoms with E-state index >= 15 is 0 Å². The van der Waals surface area contributed by atoms with Gasteiger partial charge in [-0.2, -0.15) is 0 Å². The molecule has 1 aliphatic rings. The van der Waals surface area contributed by atoms with E-state index in [0.717, 1.165) is 25.0 Å². The Morgan fingerprint density at radius 1 is 1.27 bits per heavy atom. The van der Waals surface area contributed by atoms with Crippen LogP contribution >= 0.6 is 0 Å². The molecule has 22 heavy (non-hydrogen) atoms. The molecule has 2 rings (SSSR count). The molecular weight excluding hydrogens is 306 g/mol. The second-order valence-electron chi connectivity index (χ2n) is 5.24. The second-order valence-corrected chi connectivity index (χ2v) is 7.17. The summed E-state index contributed by atoms with van der Waals surface area (Å²) in [6, 6.07) is 5.42. The standard InChI is InChI=1S/C15H23NO5S/c1-19-14-6-5-12(10-15(14)20-2)7-9-22(17,18)16-11-13-4-3-8-21-13/h5-6,10,13,16H,3-4,7-9,11H2,1-2H3. The van der Waals surface area contributed by atoms with E-state index in [1.807, 2.05) is 6.07 Å². The van der Waals surface area contributed by atoms with Crippen molar-refractivity contribution < 1.29 is 22.6 Å². The first-order chi connectivity index (χ1) is 10.5. The van der Waals surface area contributed by atoms with E-state index in [2.05, 4.69) is 4.72 Å². The molecule has 124 valence electrons. The molecule has 0 radical (unpaired) electrons. The highest BCUT2D eigenvalue weighted by atomic mass is 32.2. The summed E-state index contributed by atoms with van der Waals surface area (Å²) < 4.78 is 42.4. The highest BCUT2D eigenvalue weighted by Crippen LogP contribution is 2.27. The topological polar surface area (TPSA) is 73.9 Å². The van der Waals surface area contributed by atoms with Gasteiger partial charge < -0.3 is 14.2 Å². The van der Waals surface area contributed by atoms with Crippen LogP contribution in [-0.2, 0) is 21.2 Å². The van der Waals surface area contributed by atoms with Crippen molar-refractivity contribution in [2.75, 3.05) is 33.1 Å². The summed E-state index contributed by atoms with van der Waals surface area (Å²) in [5.41, 5.74) is 0.889. The van der Waals surface area contributed by atoms with Crippen molar-refractivity contribution in [3.8, 4) is 11.5 Å². The van der Waals surface area contributed by atoms with Gasteiger partial charge in [0.2, 0.25) is 10.0 Å². The molecule has 1 aromatic rings. The molecule has 0 bridgehead atoms. The third-order valence-electron chi connectivity index (χ3n) is 3.66. The third kappa shape index (κ3) is 4.86. The molecule has 1 aliphatic heterocycles. The molecule has 1 unspecified atom stereocenters. The highest BCUT2D eigenvalue weighted by Gasteiger charge is 2.19. The lowest BCUT2D eigenvalue weighted by atomic mass is 10.1. The minimum absolute atomic E-state index is 0.0101. The van der Waals surface area contributed by atoms with Crippen molar-refractivity contribution in [2.24, 2.45) is 0 Å². The van der Waals surface area contributed by atoms with Crippen LogP contribution in [-0.4, -0.2) is 47.6 Å². The lowest BCUT2D eigenvalue weighted by molar-refractivity contribution is 0.114. The van der Waals surface area contributed by atoms with Crippen LogP contribution in [0.4, 0.5) is 0 Å². The summed E-state index contributed by atoms with van der Waals surface area (Å²) in [6.45, 7) is 1.08. The van der Waals surface area contributed by atoms with Crippen LogP contribution in [0.15, 0.2) is 18.2 Å². The Hall–Kier alpha value is -1.31. The maximum Gasteiger partial charge on any atom is 0.212 e. The number of ether oxygens (including phenoxy) is 3. The number of methoxy groups -OCH3 is 2. The number of hydrogen-bond acceptors (Lipinski definition) is 5. The Kier molecular flexibility index (Phi) is 6.05. The molecule has 1 saturated heterocycles. The van der Waals surface area contributed by atoms with Gasteiger partial charge in [0.1, 0.15) is 0 Å². The molecule has 0 aromatic heterocycles. The highest BCUT2D eigenvalue weighted by molar-refractivity contribution is 7.89. The zero-order valence-electron chi connectivity index (χ0n) is 13.0. The van der Waals surface area contributed by atoms with Crippen LogP contribution in [0.5, 0.6) is 11.5 Å². The maximum absolute atomic E-state index is 12.0. The molecule has 0 aliphatic carbocycles. The molecule has 7 heteroatoms. The minimum Gasteiger partial charge on any atom is -0.493 e. The summed E-state index contributed by atoms with van der Waals surface area (Å²) in [5.74, 6) is 1.27. The molecular formula is C15H23NO5S. The lowest BCUT2D eigenvalue weighted by Gasteiger charge is -2.12. The van der Waals surface area contributed by atoms with Gasteiger partial charge in [0, 0.05) is 13.2 Å². The maximum atomic E-state index is 12.0. The van der Waals surface area contributed by atoms with Crippen LogP contribution in [0.25, 0.3) is 0 Å². The van der Waals surface area contributed by atoms with Crippen LogP contribution in [0, 0.1) is 0 Å². The zero-order chi connectivity index (χ0) is 16.0. The lowest BCUT2D eigenvalue weighted by Crippen LogP contribution is -2.33. The van der Waals surface area contributed by atoms with Gasteiger partial charge >= 0.3 is 0 Å². The van der Waals surface area contributed by atoms with Gasteiger partial charge in [-0.15, -0.1) is 0 Å². The Balaban J connectivity index is 1.87. The predicted octanol–water partition coefficient (Wildman–Crippen LogP) is 1.34. The molecule has 0 saturated carbocycles. The SMILES string of the molecule is COc1ccc(CCS(=O)(=O)NCC2CCCO2)cc1OC. The normalized spacial score (nSPS) is 18.4. The molecule has 1 heterocycles. The monoisotopic (exact) mass is 329 g/mol. The van der Waals surface area contributed by atoms with Gasteiger partial charge in [0.15, 0.2) is 11.5 Å². The van der Waals surface area contributed by atoms with Crippen molar-refractivity contribution in [3.63, 3.8) is 0 Å². The van der Waals surface area contributed by atoms with Gasteiger partial charge in [-0.3, -0.25) is 0 Å². The summed E-state index contributed by atoms with van der Waals surface area (Å²) in [4.78, 5) is 0. The molecule has 6 nitrogen and oxygen atoms in total. The van der Waals surface area contributed by atoms with Crippen LogP contribution in [0.1, 0.15) is 18.4 Å². The van der Waals surface area contributed by atoms with Crippen LogP contribution in [0.2, 0.25) is 0 Å². The molecule has 1 atom stereocenters. The van der Waals surface area contributed by atoms with Crippen molar-refractivity contribution in [1.82, 2.24) is 4.72 Å². The number of nitrogens with one attached hydrogen (secondary N) is 1. The first-order valence-electron chi connectivity index (χ1n) is 7.34. The second kappa shape index (κ2) is 7.80. The minimum atomic E-state index is -3.30. The third-order valence-corrected chi connectivity index (χ3v) is 5.01. The van der Waals surface area contributed by atoms with E-state index < -0.39 is 10.0 Å². The van der Waals surface area contributed by atoms with E-state index in [-0.39, 0.29) is 11.9 Å². The molecule has 0 amide bonds. The summed E-state index contributed by atoms with van der Waals surface area (Å²) in [7, 11) is -0.181. The van der Waals surface area contributed by atoms with Crippen molar-refractivity contribution in [3.05, 3.63) is 23.8 Å². The Bertz CT molecular complexity index is 582. The van der Waals surface area contributed by atoms with Gasteiger partial charge in [-0.05, 0) is 37.0 Å². The smallest absolute Gasteiger partial charge is 0.212 e. The van der Waals surface area contributed by atoms with Gasteiger partial charge in [-0.25, -0.2) is 13.1 Å². The summed E-state index contributed by atoms with van der Waals surface area (Å²) >= 11 is 0. The van der Waals surface area contributed by atoms with E-state index in [9.17, 15) is 8.42 Å². The van der Waals surface area contributed by atoms with E-state index in [4.69, 9.17) is 14.2 Å². The Morgan fingerprint density at radius 2 is 2.05 bits per heavy atom. The quantitative estimate of drug-likeness (QED) is 0.779. The first-order valence-corrected chi connectivity index (χ1v) is 8.99. The van der Waals surface area contributed by atoms with E-state index in [0.29, 0.717) is 24.5 Å². The Morgan fingerprint density at radius 3 is 2.68 bits per heavy atom. The molecule has 1 N–H and O–H groups in total. The number of hydrogen-bond donors (Lipinski definition) is 1. The van der Waals surface area contributed by atoms with Gasteiger partial charge in [0.05, 0.1) is 26.1 Å². The molecule has 0 spiro atoms. The molecule has 1 fully saturated rings. The fourth-order valence-corrected chi connectivity index (χ4v) is 3.47. The summed E-state index contributed by atoms with van der Waals surface area (Å²) in [5, 5.41) is 0. The average molecular weight is 329 g/mol. The fourth-order valence-electron chi connectivity index (χ4n) is 2.39. The Labute approximate surface area is 131 Å². The first kappa shape index (κ1) is 17.1. The number of aryl methyl sites for hydroxylation is 1.